The van der Waals surface area contributed by atoms with Crippen molar-refractivity contribution < 1.29 is 9.32 Å². The van der Waals surface area contributed by atoms with Crippen LogP contribution in [0, 0.1) is 6.92 Å². The number of hydrogen-bond donors (Lipinski definition) is 0. The highest BCUT2D eigenvalue weighted by atomic mass is 16.5. The Labute approximate surface area is 135 Å². The van der Waals surface area contributed by atoms with Gasteiger partial charge in [0.05, 0.1) is 16.6 Å². The molecule has 4 rings (SSSR count). The first kappa shape index (κ1) is 14.6. The zero-order valence-corrected chi connectivity index (χ0v) is 13.7. The molecule has 2 atom stereocenters. The van der Waals surface area contributed by atoms with E-state index in [1.54, 1.807) is 6.20 Å². The van der Waals surface area contributed by atoms with Crippen LogP contribution in [0.25, 0.3) is 11.1 Å². The van der Waals surface area contributed by atoms with Crippen LogP contribution in [0.15, 0.2) is 16.8 Å². The van der Waals surface area contributed by atoms with Gasteiger partial charge in [-0.15, -0.1) is 0 Å². The molecule has 2 fully saturated rings. The highest BCUT2D eigenvalue weighted by Gasteiger charge is 2.38. The van der Waals surface area contributed by atoms with Gasteiger partial charge in [-0.25, -0.2) is 4.98 Å². The molecule has 0 saturated carbocycles. The summed E-state index contributed by atoms with van der Waals surface area (Å²) in [4.78, 5) is 21.7. The highest BCUT2D eigenvalue weighted by molar-refractivity contribution is 5.97. The summed E-state index contributed by atoms with van der Waals surface area (Å²) in [6, 6.07) is 2.69. The second-order valence-electron chi connectivity index (χ2n) is 6.74. The monoisotopic (exact) mass is 314 g/mol. The molecule has 0 radical (unpaired) electrons. The van der Waals surface area contributed by atoms with Crippen molar-refractivity contribution >= 4 is 17.0 Å². The van der Waals surface area contributed by atoms with E-state index in [0.717, 1.165) is 37.0 Å². The maximum absolute atomic E-state index is 13.0. The summed E-state index contributed by atoms with van der Waals surface area (Å²) in [6.07, 6.45) is 6.22. The van der Waals surface area contributed by atoms with Crippen molar-refractivity contribution in [1.29, 1.82) is 0 Å². The van der Waals surface area contributed by atoms with Crippen LogP contribution in [0.4, 0.5) is 0 Å². The van der Waals surface area contributed by atoms with Crippen molar-refractivity contribution in [2.75, 3.05) is 20.1 Å². The van der Waals surface area contributed by atoms with Gasteiger partial charge in [0.2, 0.25) is 0 Å². The van der Waals surface area contributed by atoms with Crippen LogP contribution in [-0.4, -0.2) is 58.1 Å². The van der Waals surface area contributed by atoms with Gasteiger partial charge in [-0.05, 0) is 52.3 Å². The number of amides is 1. The lowest BCUT2D eigenvalue weighted by atomic mass is 10.0. The molecule has 23 heavy (non-hydrogen) atoms. The van der Waals surface area contributed by atoms with E-state index in [1.807, 2.05) is 13.0 Å². The maximum Gasteiger partial charge on any atom is 0.257 e. The molecular weight excluding hydrogens is 292 g/mol. The van der Waals surface area contributed by atoms with E-state index in [0.29, 0.717) is 23.4 Å². The van der Waals surface area contributed by atoms with Gasteiger partial charge in [-0.1, -0.05) is 5.16 Å². The Kier molecular flexibility index (Phi) is 3.56. The fraction of sp³-hybridized carbons (Fsp3) is 0.588. The van der Waals surface area contributed by atoms with Gasteiger partial charge in [0.25, 0.3) is 11.6 Å². The number of pyridine rings is 1. The maximum atomic E-state index is 13.0. The van der Waals surface area contributed by atoms with E-state index in [2.05, 4.69) is 27.0 Å². The molecule has 0 N–H and O–H groups in total. The molecule has 4 heterocycles. The van der Waals surface area contributed by atoms with E-state index in [1.165, 1.54) is 12.8 Å². The average Bonchev–Trinajstić information content (AvgIpc) is 3.26. The number of rotatable bonds is 2. The molecule has 2 aliphatic heterocycles. The van der Waals surface area contributed by atoms with Crippen molar-refractivity contribution in [3.8, 4) is 0 Å². The molecule has 2 aromatic heterocycles. The molecule has 0 aliphatic carbocycles. The molecule has 6 heteroatoms. The Morgan fingerprint density at radius 3 is 2.83 bits per heavy atom. The fourth-order valence-corrected chi connectivity index (χ4v) is 4.09. The second kappa shape index (κ2) is 5.60. The van der Waals surface area contributed by atoms with E-state index >= 15 is 0 Å². The molecule has 6 nitrogen and oxygen atoms in total. The van der Waals surface area contributed by atoms with Crippen LogP contribution in [0.1, 0.15) is 41.7 Å². The van der Waals surface area contributed by atoms with E-state index < -0.39 is 0 Å². The van der Waals surface area contributed by atoms with E-state index in [-0.39, 0.29) is 5.91 Å². The number of nitrogens with zero attached hydrogens (tertiary/aromatic N) is 4. The highest BCUT2D eigenvalue weighted by Crippen LogP contribution is 2.30. The molecule has 0 unspecified atom stereocenters. The minimum Gasteiger partial charge on any atom is -0.336 e. The van der Waals surface area contributed by atoms with Gasteiger partial charge in [0.1, 0.15) is 0 Å². The minimum absolute atomic E-state index is 0.0859. The Hall–Kier alpha value is -1.95. The van der Waals surface area contributed by atoms with Gasteiger partial charge in [0.15, 0.2) is 0 Å². The summed E-state index contributed by atoms with van der Waals surface area (Å²) in [6.45, 7) is 3.85. The molecule has 0 bridgehead atoms. The first-order valence-electron chi connectivity index (χ1n) is 8.38. The zero-order chi connectivity index (χ0) is 16.0. The number of carbonyl (C=O) groups excluding carboxylic acids is 1. The lowest BCUT2D eigenvalue weighted by molar-refractivity contribution is 0.0664. The van der Waals surface area contributed by atoms with Crippen LogP contribution >= 0.6 is 0 Å². The predicted molar refractivity (Wildman–Crippen MR) is 86.3 cm³/mol. The molecule has 0 spiro atoms. The third-order valence-corrected chi connectivity index (χ3v) is 5.34. The third-order valence-electron chi connectivity index (χ3n) is 5.34. The average molecular weight is 314 g/mol. The third kappa shape index (κ3) is 2.41. The quantitative estimate of drug-likeness (QED) is 0.850. The standard InChI is InChI=1S/C17H22N4O2/c1-11-13-9-12(10-18-16(13)23-19-11)17(22)21-8-4-6-15(21)14-5-3-7-20(14)2/h9-10,14-15H,3-8H2,1-2H3/t14-,15-/m1/s1. The molecule has 2 aliphatic rings. The number of hydrogen-bond acceptors (Lipinski definition) is 5. The van der Waals surface area contributed by atoms with Crippen molar-refractivity contribution in [3.63, 3.8) is 0 Å². The Bertz CT molecular complexity index is 741. The van der Waals surface area contributed by atoms with Crippen LogP contribution in [0.2, 0.25) is 0 Å². The van der Waals surface area contributed by atoms with Gasteiger partial charge < -0.3 is 14.3 Å². The normalized spacial score (nSPS) is 25.6. The largest absolute Gasteiger partial charge is 0.336 e. The van der Waals surface area contributed by atoms with Crippen LogP contribution in [0.3, 0.4) is 0 Å². The summed E-state index contributed by atoms with van der Waals surface area (Å²) >= 11 is 0. The van der Waals surface area contributed by atoms with Crippen molar-refractivity contribution in [2.24, 2.45) is 0 Å². The second-order valence-corrected chi connectivity index (χ2v) is 6.74. The van der Waals surface area contributed by atoms with Crippen LogP contribution in [0.5, 0.6) is 0 Å². The predicted octanol–water partition coefficient (Wildman–Crippen LogP) is 2.23. The first-order valence-corrected chi connectivity index (χ1v) is 8.38. The first-order chi connectivity index (χ1) is 11.1. The SMILES string of the molecule is Cc1noc2ncc(C(=O)N3CCC[C@@H]3[C@H]3CCCN3C)cc12. The number of aryl methyl sites for hydroxylation is 1. The molecule has 0 aromatic carbocycles. The van der Waals surface area contributed by atoms with Gasteiger partial charge in [-0.3, -0.25) is 4.79 Å². The summed E-state index contributed by atoms with van der Waals surface area (Å²) in [5.74, 6) is 0.0859. The lowest BCUT2D eigenvalue weighted by Gasteiger charge is -2.33. The lowest BCUT2D eigenvalue weighted by Crippen LogP contribution is -2.47. The Balaban J connectivity index is 1.62. The molecule has 2 aromatic rings. The number of likely N-dealkylation sites (N-methyl/N-ethyl adjacent to an activating group) is 1. The van der Waals surface area contributed by atoms with Crippen LogP contribution < -0.4 is 0 Å². The van der Waals surface area contributed by atoms with E-state index in [4.69, 9.17) is 4.52 Å². The van der Waals surface area contributed by atoms with Gasteiger partial charge in [-0.2, -0.15) is 0 Å². The Morgan fingerprint density at radius 1 is 1.26 bits per heavy atom. The van der Waals surface area contributed by atoms with Crippen molar-refractivity contribution in [2.45, 2.75) is 44.7 Å². The molecule has 122 valence electrons. The van der Waals surface area contributed by atoms with Crippen LogP contribution in [-0.2, 0) is 0 Å². The number of fused-ring (bicyclic) bond motifs is 1. The summed E-state index contributed by atoms with van der Waals surface area (Å²) in [5, 5.41) is 4.74. The molecule has 1 amide bonds. The number of aromatic nitrogens is 2. The number of likely N-dealkylation sites (tertiary alicyclic amines) is 2. The molecular formula is C17H22N4O2. The number of carbonyl (C=O) groups is 1. The molecule has 2 saturated heterocycles. The fourth-order valence-electron chi connectivity index (χ4n) is 4.09. The van der Waals surface area contributed by atoms with Crippen molar-refractivity contribution in [1.82, 2.24) is 19.9 Å². The minimum atomic E-state index is 0.0859. The van der Waals surface area contributed by atoms with Gasteiger partial charge in [0, 0.05) is 24.8 Å². The van der Waals surface area contributed by atoms with E-state index in [9.17, 15) is 4.79 Å². The topological polar surface area (TPSA) is 62.5 Å². The van der Waals surface area contributed by atoms with Crippen molar-refractivity contribution in [3.05, 3.63) is 23.5 Å². The van der Waals surface area contributed by atoms with Gasteiger partial charge >= 0.3 is 0 Å². The zero-order valence-electron chi connectivity index (χ0n) is 13.7. The summed E-state index contributed by atoms with van der Waals surface area (Å²) in [5.41, 5.74) is 1.90. The smallest absolute Gasteiger partial charge is 0.257 e. The summed E-state index contributed by atoms with van der Waals surface area (Å²) < 4.78 is 5.13. The summed E-state index contributed by atoms with van der Waals surface area (Å²) in [7, 11) is 2.17. The Morgan fingerprint density at radius 2 is 2.04 bits per heavy atom.